The monoisotopic (exact) mass is 403 g/mol. The number of carbonyl (C=O) groups is 1. The van der Waals surface area contributed by atoms with E-state index in [0.29, 0.717) is 5.92 Å². The number of ether oxygens (including phenoxy) is 1. The quantitative estimate of drug-likeness (QED) is 0.476. The van der Waals surface area contributed by atoms with Crippen molar-refractivity contribution in [1.29, 1.82) is 0 Å². The van der Waals surface area contributed by atoms with Crippen molar-refractivity contribution in [2.75, 3.05) is 26.7 Å². The molecule has 1 aliphatic heterocycles. The minimum absolute atomic E-state index is 0.00524. The number of carbonyl (C=O) groups excluding carboxylic acids is 1. The lowest BCUT2D eigenvalue weighted by molar-refractivity contribution is -0.152. The summed E-state index contributed by atoms with van der Waals surface area (Å²) in [6.07, 6.45) is 9.60. The first-order valence-corrected chi connectivity index (χ1v) is 11.3. The SMILES string of the molecule is COC(=O)C1CC=CCC12CCCN(CCC(c1ccccc1)c1ccccc1)C2. The Kier molecular flexibility index (Phi) is 6.69. The second-order valence-corrected chi connectivity index (χ2v) is 8.89. The first-order chi connectivity index (χ1) is 14.7. The number of rotatable bonds is 6. The number of esters is 1. The van der Waals surface area contributed by atoms with Crippen LogP contribution in [0.4, 0.5) is 0 Å². The van der Waals surface area contributed by atoms with Crippen molar-refractivity contribution in [3.05, 3.63) is 83.9 Å². The van der Waals surface area contributed by atoms with Crippen LogP contribution in [0.5, 0.6) is 0 Å². The Morgan fingerprint density at radius 3 is 2.37 bits per heavy atom. The fraction of sp³-hybridized carbons (Fsp3) is 0.444. The fourth-order valence-electron chi connectivity index (χ4n) is 5.54. The number of allylic oxidation sites excluding steroid dienone is 2. The summed E-state index contributed by atoms with van der Waals surface area (Å²) in [6, 6.07) is 21.7. The van der Waals surface area contributed by atoms with Crippen LogP contribution in [0.15, 0.2) is 72.8 Å². The lowest BCUT2D eigenvalue weighted by Crippen LogP contribution is -2.50. The lowest BCUT2D eigenvalue weighted by atomic mass is 9.64. The highest BCUT2D eigenvalue weighted by Gasteiger charge is 2.46. The predicted molar refractivity (Wildman–Crippen MR) is 121 cm³/mol. The molecule has 1 spiro atoms. The molecule has 0 bridgehead atoms. The van der Waals surface area contributed by atoms with Gasteiger partial charge in [-0.3, -0.25) is 4.79 Å². The van der Waals surface area contributed by atoms with Crippen molar-refractivity contribution in [2.45, 2.75) is 38.0 Å². The summed E-state index contributed by atoms with van der Waals surface area (Å²) in [6.45, 7) is 3.16. The van der Waals surface area contributed by atoms with Crippen LogP contribution in [0.2, 0.25) is 0 Å². The van der Waals surface area contributed by atoms with Crippen LogP contribution >= 0.6 is 0 Å². The van der Waals surface area contributed by atoms with Crippen LogP contribution in [0, 0.1) is 11.3 Å². The van der Waals surface area contributed by atoms with Gasteiger partial charge in [0.1, 0.15) is 0 Å². The zero-order valence-corrected chi connectivity index (χ0v) is 18.0. The summed E-state index contributed by atoms with van der Waals surface area (Å²) >= 11 is 0. The van der Waals surface area contributed by atoms with E-state index in [9.17, 15) is 4.79 Å². The van der Waals surface area contributed by atoms with Crippen LogP contribution in [-0.2, 0) is 9.53 Å². The molecule has 1 heterocycles. The van der Waals surface area contributed by atoms with Crippen LogP contribution in [0.3, 0.4) is 0 Å². The van der Waals surface area contributed by atoms with Crippen molar-refractivity contribution < 1.29 is 9.53 Å². The van der Waals surface area contributed by atoms with Crippen LogP contribution in [-0.4, -0.2) is 37.6 Å². The Morgan fingerprint density at radius 2 is 1.73 bits per heavy atom. The van der Waals surface area contributed by atoms with E-state index in [1.165, 1.54) is 18.2 Å². The van der Waals surface area contributed by atoms with Gasteiger partial charge in [-0.25, -0.2) is 0 Å². The van der Waals surface area contributed by atoms with Crippen LogP contribution < -0.4 is 0 Å². The highest BCUT2D eigenvalue weighted by Crippen LogP contribution is 2.46. The van der Waals surface area contributed by atoms with Gasteiger partial charge in [0.05, 0.1) is 13.0 Å². The van der Waals surface area contributed by atoms with E-state index < -0.39 is 0 Å². The third-order valence-electron chi connectivity index (χ3n) is 7.11. The molecule has 4 rings (SSSR count). The Balaban J connectivity index is 1.49. The number of hydrogen-bond donors (Lipinski definition) is 0. The van der Waals surface area contributed by atoms with E-state index >= 15 is 0 Å². The molecule has 1 aliphatic carbocycles. The molecule has 0 amide bonds. The number of nitrogens with zero attached hydrogens (tertiary/aromatic N) is 1. The summed E-state index contributed by atoms with van der Waals surface area (Å²) in [5.74, 6) is 0.356. The Labute approximate surface area is 180 Å². The normalized spacial score (nSPS) is 24.3. The maximum absolute atomic E-state index is 12.5. The molecule has 1 saturated heterocycles. The highest BCUT2D eigenvalue weighted by atomic mass is 16.5. The van der Waals surface area contributed by atoms with E-state index in [2.05, 4.69) is 77.7 Å². The van der Waals surface area contributed by atoms with Crippen molar-refractivity contribution in [3.8, 4) is 0 Å². The molecule has 3 heteroatoms. The summed E-state index contributed by atoms with van der Waals surface area (Å²) in [7, 11) is 1.53. The maximum atomic E-state index is 12.5. The first-order valence-electron chi connectivity index (χ1n) is 11.3. The van der Waals surface area contributed by atoms with Gasteiger partial charge in [0.2, 0.25) is 0 Å². The summed E-state index contributed by atoms with van der Waals surface area (Å²) in [5, 5.41) is 0. The van der Waals surface area contributed by atoms with Gasteiger partial charge in [-0.05, 0) is 56.3 Å². The molecule has 158 valence electrons. The smallest absolute Gasteiger partial charge is 0.309 e. The summed E-state index contributed by atoms with van der Waals surface area (Å²) in [4.78, 5) is 15.1. The second-order valence-electron chi connectivity index (χ2n) is 8.89. The van der Waals surface area contributed by atoms with E-state index in [-0.39, 0.29) is 17.3 Å². The molecule has 30 heavy (non-hydrogen) atoms. The van der Waals surface area contributed by atoms with Crippen LogP contribution in [0.25, 0.3) is 0 Å². The summed E-state index contributed by atoms with van der Waals surface area (Å²) in [5.41, 5.74) is 2.79. The summed E-state index contributed by atoms with van der Waals surface area (Å²) < 4.78 is 5.18. The number of hydrogen-bond acceptors (Lipinski definition) is 3. The third-order valence-corrected chi connectivity index (χ3v) is 7.11. The van der Waals surface area contributed by atoms with Crippen molar-refractivity contribution >= 4 is 5.97 Å². The highest BCUT2D eigenvalue weighted by molar-refractivity contribution is 5.74. The minimum Gasteiger partial charge on any atom is -0.469 e. The number of piperidine rings is 1. The zero-order valence-electron chi connectivity index (χ0n) is 18.0. The first kappa shape index (κ1) is 20.9. The molecule has 3 nitrogen and oxygen atoms in total. The van der Waals surface area contributed by atoms with Crippen molar-refractivity contribution in [1.82, 2.24) is 4.90 Å². The molecule has 1 fully saturated rings. The van der Waals surface area contributed by atoms with Gasteiger partial charge >= 0.3 is 5.97 Å². The van der Waals surface area contributed by atoms with Crippen LogP contribution in [0.1, 0.15) is 49.1 Å². The molecule has 0 N–H and O–H groups in total. The Hall–Kier alpha value is -2.39. The van der Waals surface area contributed by atoms with Crippen molar-refractivity contribution in [2.24, 2.45) is 11.3 Å². The van der Waals surface area contributed by atoms with Gasteiger partial charge in [-0.1, -0.05) is 72.8 Å². The number of benzene rings is 2. The average molecular weight is 404 g/mol. The average Bonchev–Trinajstić information content (AvgIpc) is 2.81. The van der Waals surface area contributed by atoms with E-state index in [4.69, 9.17) is 4.74 Å². The van der Waals surface area contributed by atoms with Gasteiger partial charge in [0.25, 0.3) is 0 Å². The maximum Gasteiger partial charge on any atom is 0.309 e. The van der Waals surface area contributed by atoms with Gasteiger partial charge in [-0.2, -0.15) is 0 Å². The fourth-order valence-corrected chi connectivity index (χ4v) is 5.54. The molecule has 2 aromatic rings. The molecular weight excluding hydrogens is 370 g/mol. The Morgan fingerprint density at radius 1 is 1.07 bits per heavy atom. The molecule has 0 radical (unpaired) electrons. The molecule has 2 aromatic carbocycles. The number of likely N-dealkylation sites (tertiary alicyclic amines) is 1. The van der Waals surface area contributed by atoms with E-state index in [1.807, 2.05) is 0 Å². The van der Waals surface area contributed by atoms with E-state index in [0.717, 1.165) is 51.7 Å². The lowest BCUT2D eigenvalue weighted by Gasteiger charge is -2.47. The van der Waals surface area contributed by atoms with Gasteiger partial charge < -0.3 is 9.64 Å². The molecule has 0 saturated carbocycles. The van der Waals surface area contributed by atoms with Gasteiger partial charge in [0.15, 0.2) is 0 Å². The third kappa shape index (κ3) is 4.52. The minimum atomic E-state index is -0.0346. The standard InChI is InChI=1S/C27H33NO2/c1-30-26(29)25-15-8-9-17-27(25)18-10-19-28(21-27)20-16-24(22-11-4-2-5-12-22)23-13-6-3-7-14-23/h2-9,11-14,24-25H,10,15-21H2,1H3. The second kappa shape index (κ2) is 9.61. The molecule has 2 aliphatic rings. The van der Waals surface area contributed by atoms with Crippen molar-refractivity contribution in [3.63, 3.8) is 0 Å². The largest absolute Gasteiger partial charge is 0.469 e. The predicted octanol–water partition coefficient (Wildman–Crippen LogP) is 5.43. The number of methoxy groups -OCH3 is 1. The zero-order chi connectivity index (χ0) is 20.8. The van der Waals surface area contributed by atoms with E-state index in [1.54, 1.807) is 0 Å². The molecular formula is C27H33NO2. The molecule has 0 aromatic heterocycles. The van der Waals surface area contributed by atoms with Gasteiger partial charge in [0, 0.05) is 17.9 Å². The van der Waals surface area contributed by atoms with Gasteiger partial charge in [-0.15, -0.1) is 0 Å². The molecule has 2 atom stereocenters. The Bertz CT molecular complexity index is 808. The topological polar surface area (TPSA) is 29.5 Å². The molecule has 2 unspecified atom stereocenters.